The number of hydrogen-bond acceptors (Lipinski definition) is 3. The Morgan fingerprint density at radius 2 is 1.61 bits per heavy atom. The summed E-state index contributed by atoms with van der Waals surface area (Å²) in [4.78, 5) is 34.1. The van der Waals surface area contributed by atoms with Gasteiger partial charge in [-0.25, -0.2) is 0 Å². The highest BCUT2D eigenvalue weighted by molar-refractivity contribution is 5.98. The van der Waals surface area contributed by atoms with Gasteiger partial charge in [-0.1, -0.05) is 42.5 Å². The van der Waals surface area contributed by atoms with Crippen LogP contribution < -0.4 is 0 Å². The molecule has 5 heteroatoms. The molecule has 0 atom stereocenters. The van der Waals surface area contributed by atoms with Gasteiger partial charge < -0.3 is 9.80 Å². The Morgan fingerprint density at radius 3 is 2.35 bits per heavy atom. The number of piperazine rings is 1. The molecule has 2 aromatic carbocycles. The van der Waals surface area contributed by atoms with Crippen molar-refractivity contribution in [3.8, 4) is 0 Å². The molecule has 2 heterocycles. The Balaban J connectivity index is 1.32. The Kier molecular flexibility index (Phi) is 6.31. The van der Waals surface area contributed by atoms with Crippen molar-refractivity contribution in [2.45, 2.75) is 33.1 Å². The molecule has 5 nitrogen and oxygen atoms in total. The van der Waals surface area contributed by atoms with E-state index in [0.29, 0.717) is 38.2 Å². The fourth-order valence-electron chi connectivity index (χ4n) is 4.17. The maximum Gasteiger partial charge on any atom is 0.255 e. The summed E-state index contributed by atoms with van der Waals surface area (Å²) in [7, 11) is 0. The molecule has 0 bridgehead atoms. The van der Waals surface area contributed by atoms with Gasteiger partial charge in [0.15, 0.2) is 0 Å². The predicted molar refractivity (Wildman–Crippen MR) is 123 cm³/mol. The number of benzene rings is 2. The number of aryl methyl sites for hydroxylation is 3. The smallest absolute Gasteiger partial charge is 0.255 e. The summed E-state index contributed by atoms with van der Waals surface area (Å²) < 4.78 is 0. The van der Waals surface area contributed by atoms with Gasteiger partial charge in [0.1, 0.15) is 0 Å². The molecule has 1 saturated heterocycles. The van der Waals surface area contributed by atoms with Crippen molar-refractivity contribution >= 4 is 22.7 Å². The second-order valence-corrected chi connectivity index (χ2v) is 8.33. The molecule has 0 saturated carbocycles. The third kappa shape index (κ3) is 4.93. The van der Waals surface area contributed by atoms with E-state index in [9.17, 15) is 9.59 Å². The number of nitrogens with zero attached hydrogens (tertiary/aromatic N) is 3. The lowest BCUT2D eigenvalue weighted by Crippen LogP contribution is -2.50. The summed E-state index contributed by atoms with van der Waals surface area (Å²) in [5.74, 6) is 0.186. The predicted octanol–water partition coefficient (Wildman–Crippen LogP) is 4.16. The normalized spacial score (nSPS) is 14.1. The van der Waals surface area contributed by atoms with Crippen molar-refractivity contribution in [2.75, 3.05) is 26.2 Å². The number of pyridine rings is 1. The average molecular weight is 416 g/mol. The summed E-state index contributed by atoms with van der Waals surface area (Å²) in [6.45, 7) is 6.24. The molecule has 0 unspecified atom stereocenters. The van der Waals surface area contributed by atoms with Crippen LogP contribution in [0.5, 0.6) is 0 Å². The highest BCUT2D eigenvalue weighted by Crippen LogP contribution is 2.20. The van der Waals surface area contributed by atoms with E-state index in [2.05, 4.69) is 17.1 Å². The summed E-state index contributed by atoms with van der Waals surface area (Å²) >= 11 is 0. The molecule has 0 N–H and O–H groups in total. The first-order chi connectivity index (χ1) is 15.0. The molecule has 0 spiro atoms. The van der Waals surface area contributed by atoms with Crippen LogP contribution in [0.1, 0.15) is 40.0 Å². The van der Waals surface area contributed by atoms with Crippen LogP contribution in [0, 0.1) is 13.8 Å². The van der Waals surface area contributed by atoms with Gasteiger partial charge in [0.05, 0.1) is 16.8 Å². The van der Waals surface area contributed by atoms with Crippen LogP contribution in [0.25, 0.3) is 10.9 Å². The van der Waals surface area contributed by atoms with Crippen molar-refractivity contribution in [3.63, 3.8) is 0 Å². The molecular formula is C26H29N3O2. The van der Waals surface area contributed by atoms with Gasteiger partial charge >= 0.3 is 0 Å². The molecule has 1 aliphatic rings. The number of carbonyl (C=O) groups excluding carboxylic acids is 2. The lowest BCUT2D eigenvalue weighted by molar-refractivity contribution is -0.132. The van der Waals surface area contributed by atoms with Gasteiger partial charge in [-0.2, -0.15) is 0 Å². The van der Waals surface area contributed by atoms with Gasteiger partial charge in [-0.05, 0) is 49.9 Å². The quantitative estimate of drug-likeness (QED) is 0.629. The third-order valence-corrected chi connectivity index (χ3v) is 6.01. The number of rotatable bonds is 5. The first-order valence-electron chi connectivity index (χ1n) is 11.0. The molecule has 0 radical (unpaired) electrons. The number of amides is 2. The van der Waals surface area contributed by atoms with Crippen LogP contribution >= 0.6 is 0 Å². The van der Waals surface area contributed by atoms with Crippen LogP contribution in [0.3, 0.4) is 0 Å². The highest BCUT2D eigenvalue weighted by atomic mass is 16.2. The number of fused-ring (bicyclic) bond motifs is 1. The van der Waals surface area contributed by atoms with Crippen LogP contribution in [0.2, 0.25) is 0 Å². The molecule has 2 amide bonds. The van der Waals surface area contributed by atoms with Gasteiger partial charge in [0.25, 0.3) is 5.91 Å². The van der Waals surface area contributed by atoms with E-state index >= 15 is 0 Å². The van der Waals surface area contributed by atoms with E-state index in [-0.39, 0.29) is 11.8 Å². The van der Waals surface area contributed by atoms with Crippen LogP contribution in [0.15, 0.2) is 54.6 Å². The second kappa shape index (κ2) is 9.29. The number of hydrogen-bond donors (Lipinski definition) is 0. The molecule has 3 aromatic rings. The van der Waals surface area contributed by atoms with Crippen molar-refractivity contribution in [1.82, 2.24) is 14.8 Å². The molecule has 31 heavy (non-hydrogen) atoms. The molecule has 160 valence electrons. The van der Waals surface area contributed by atoms with Crippen molar-refractivity contribution in [3.05, 3.63) is 77.0 Å². The Morgan fingerprint density at radius 1 is 0.903 bits per heavy atom. The Bertz CT molecular complexity index is 1090. The van der Waals surface area contributed by atoms with Gasteiger partial charge in [-0.3, -0.25) is 14.6 Å². The minimum atomic E-state index is 0.00338. The van der Waals surface area contributed by atoms with Crippen molar-refractivity contribution in [1.29, 1.82) is 0 Å². The third-order valence-electron chi connectivity index (χ3n) is 6.01. The zero-order chi connectivity index (χ0) is 21.8. The molecule has 1 aliphatic heterocycles. The largest absolute Gasteiger partial charge is 0.339 e. The maximum atomic E-state index is 13.1. The highest BCUT2D eigenvalue weighted by Gasteiger charge is 2.26. The first kappa shape index (κ1) is 21.0. The maximum absolute atomic E-state index is 13.1. The van der Waals surface area contributed by atoms with Crippen molar-refractivity contribution in [2.24, 2.45) is 0 Å². The SMILES string of the molecule is Cc1ccc2cc(C(=O)N3CCN(C(=O)CCCc4ccccc4)CC3)c(C)nc2c1. The van der Waals surface area contributed by atoms with Gasteiger partial charge in [0.2, 0.25) is 5.91 Å². The van der Waals surface area contributed by atoms with E-state index in [0.717, 1.165) is 35.0 Å². The Labute approximate surface area is 183 Å². The summed E-state index contributed by atoms with van der Waals surface area (Å²) in [6.07, 6.45) is 2.32. The van der Waals surface area contributed by atoms with E-state index in [1.807, 2.05) is 66.1 Å². The average Bonchev–Trinajstić information content (AvgIpc) is 2.79. The van der Waals surface area contributed by atoms with E-state index in [4.69, 9.17) is 0 Å². The molecule has 1 fully saturated rings. The lowest BCUT2D eigenvalue weighted by Gasteiger charge is -2.35. The van der Waals surface area contributed by atoms with E-state index in [1.165, 1.54) is 5.56 Å². The molecular weight excluding hydrogens is 386 g/mol. The van der Waals surface area contributed by atoms with Gasteiger partial charge in [-0.15, -0.1) is 0 Å². The standard InChI is InChI=1S/C26H29N3O2/c1-19-11-12-22-18-23(20(2)27-24(22)17-19)26(31)29-15-13-28(14-16-29)25(30)10-6-9-21-7-4-3-5-8-21/h3-5,7-8,11-12,17-18H,6,9-10,13-16H2,1-2H3. The summed E-state index contributed by atoms with van der Waals surface area (Å²) in [5, 5.41) is 0.978. The fraction of sp³-hybridized carbons (Fsp3) is 0.346. The van der Waals surface area contributed by atoms with Crippen LogP contribution in [0.4, 0.5) is 0 Å². The zero-order valence-corrected chi connectivity index (χ0v) is 18.3. The topological polar surface area (TPSA) is 53.5 Å². The first-order valence-corrected chi connectivity index (χ1v) is 11.0. The molecule has 4 rings (SSSR count). The number of carbonyl (C=O) groups is 2. The Hall–Kier alpha value is -3.21. The molecule has 0 aliphatic carbocycles. The minimum absolute atomic E-state index is 0.00338. The molecule has 1 aromatic heterocycles. The van der Waals surface area contributed by atoms with E-state index < -0.39 is 0 Å². The van der Waals surface area contributed by atoms with E-state index in [1.54, 1.807) is 0 Å². The van der Waals surface area contributed by atoms with Crippen LogP contribution in [-0.2, 0) is 11.2 Å². The number of aromatic nitrogens is 1. The lowest BCUT2D eigenvalue weighted by atomic mass is 10.1. The summed E-state index contributed by atoms with van der Waals surface area (Å²) in [6, 6.07) is 18.3. The van der Waals surface area contributed by atoms with Gasteiger partial charge in [0, 0.05) is 38.0 Å². The van der Waals surface area contributed by atoms with Crippen LogP contribution in [-0.4, -0.2) is 52.8 Å². The zero-order valence-electron chi connectivity index (χ0n) is 18.3. The summed E-state index contributed by atoms with van der Waals surface area (Å²) in [5.41, 5.74) is 4.74. The second-order valence-electron chi connectivity index (χ2n) is 8.33. The van der Waals surface area contributed by atoms with Crippen molar-refractivity contribution < 1.29 is 9.59 Å². The fourth-order valence-corrected chi connectivity index (χ4v) is 4.17. The monoisotopic (exact) mass is 415 g/mol. The minimum Gasteiger partial charge on any atom is -0.339 e.